The van der Waals surface area contributed by atoms with Gasteiger partial charge in [-0.1, -0.05) is 17.7 Å². The number of hydrogen-bond acceptors (Lipinski definition) is 2. The average molecular weight is 442 g/mol. The van der Waals surface area contributed by atoms with Crippen LogP contribution < -0.4 is 15.4 Å². The summed E-state index contributed by atoms with van der Waals surface area (Å²) in [6.45, 7) is 6.92. The van der Waals surface area contributed by atoms with Gasteiger partial charge in [0.05, 0.1) is 13.1 Å². The van der Waals surface area contributed by atoms with Crippen molar-refractivity contribution in [2.24, 2.45) is 12.0 Å². The molecule has 0 fully saturated rings. The summed E-state index contributed by atoms with van der Waals surface area (Å²) in [5, 5.41) is 6.53. The molecule has 0 saturated heterocycles. The fourth-order valence-electron chi connectivity index (χ4n) is 2.14. The molecule has 5 nitrogen and oxygen atoms in total. The molecule has 0 aliphatic rings. The molecule has 0 bridgehead atoms. The fraction of sp³-hybridized carbons (Fsp3) is 0.389. The largest absolute Gasteiger partial charge is 0.492 e. The molecule has 0 atom stereocenters. The van der Waals surface area contributed by atoms with Crippen molar-refractivity contribution in [1.29, 1.82) is 0 Å². The van der Waals surface area contributed by atoms with Gasteiger partial charge in [0.25, 0.3) is 0 Å². The number of guanidine groups is 1. The lowest BCUT2D eigenvalue weighted by Gasteiger charge is -2.12. The maximum absolute atomic E-state index is 5.71. The minimum Gasteiger partial charge on any atom is -0.492 e. The van der Waals surface area contributed by atoms with Crippen LogP contribution in [0.2, 0.25) is 0 Å². The Hall–Kier alpha value is -1.70. The molecular formula is C18H27IN4O. The molecular weight excluding hydrogens is 415 g/mol. The topological polar surface area (TPSA) is 50.6 Å². The molecule has 0 radical (unpaired) electrons. The summed E-state index contributed by atoms with van der Waals surface area (Å²) in [5.74, 6) is 1.70. The molecule has 0 amide bonds. The van der Waals surface area contributed by atoms with Crippen LogP contribution in [0.1, 0.15) is 18.1 Å². The number of aliphatic imine (C=N–C) groups is 1. The Kier molecular flexibility index (Phi) is 9.29. The predicted octanol–water partition coefficient (Wildman–Crippen LogP) is 3.09. The summed E-state index contributed by atoms with van der Waals surface area (Å²) in [4.78, 5) is 4.58. The van der Waals surface area contributed by atoms with Crippen molar-refractivity contribution in [3.63, 3.8) is 0 Å². The van der Waals surface area contributed by atoms with Gasteiger partial charge in [-0.3, -0.25) is 0 Å². The van der Waals surface area contributed by atoms with Gasteiger partial charge in [-0.15, -0.1) is 24.0 Å². The SMILES string of the molecule is CCNC(=NCc1ccn(C)c1)NCCOc1ccc(C)cc1.I. The van der Waals surface area contributed by atoms with Crippen LogP contribution in [0.4, 0.5) is 0 Å². The van der Waals surface area contributed by atoms with Gasteiger partial charge in [0.15, 0.2) is 5.96 Å². The first-order valence-electron chi connectivity index (χ1n) is 8.00. The van der Waals surface area contributed by atoms with E-state index in [1.807, 2.05) is 42.1 Å². The normalized spacial score (nSPS) is 10.9. The molecule has 0 aliphatic carbocycles. The Morgan fingerprint density at radius 3 is 2.54 bits per heavy atom. The van der Waals surface area contributed by atoms with Crippen LogP contribution in [-0.2, 0) is 13.6 Å². The van der Waals surface area contributed by atoms with Crippen LogP contribution in [-0.4, -0.2) is 30.2 Å². The van der Waals surface area contributed by atoms with Gasteiger partial charge in [-0.25, -0.2) is 4.99 Å². The molecule has 2 N–H and O–H groups in total. The van der Waals surface area contributed by atoms with E-state index in [0.717, 1.165) is 18.3 Å². The van der Waals surface area contributed by atoms with Crippen molar-refractivity contribution in [2.75, 3.05) is 19.7 Å². The van der Waals surface area contributed by atoms with Crippen molar-refractivity contribution in [2.45, 2.75) is 20.4 Å². The second kappa shape index (κ2) is 11.0. The van der Waals surface area contributed by atoms with Gasteiger partial charge in [-0.05, 0) is 37.6 Å². The standard InChI is InChI=1S/C18H26N4O.HI/c1-4-19-18(21-13-16-9-11-22(3)14-16)20-10-12-23-17-7-5-15(2)6-8-17;/h5-9,11,14H,4,10,12-13H2,1-3H3,(H2,19,20,21);1H. The molecule has 0 spiro atoms. The number of aromatic nitrogens is 1. The summed E-state index contributed by atoms with van der Waals surface area (Å²) < 4.78 is 7.74. The highest BCUT2D eigenvalue weighted by Gasteiger charge is 1.99. The lowest BCUT2D eigenvalue weighted by Crippen LogP contribution is -2.39. The van der Waals surface area contributed by atoms with E-state index in [2.05, 4.69) is 41.7 Å². The fourth-order valence-corrected chi connectivity index (χ4v) is 2.14. The third-order valence-electron chi connectivity index (χ3n) is 3.34. The molecule has 24 heavy (non-hydrogen) atoms. The van der Waals surface area contributed by atoms with E-state index in [1.54, 1.807) is 0 Å². The predicted molar refractivity (Wildman–Crippen MR) is 110 cm³/mol. The minimum atomic E-state index is 0. The van der Waals surface area contributed by atoms with Crippen molar-refractivity contribution < 1.29 is 4.74 Å². The van der Waals surface area contributed by atoms with E-state index < -0.39 is 0 Å². The van der Waals surface area contributed by atoms with E-state index >= 15 is 0 Å². The van der Waals surface area contributed by atoms with Crippen molar-refractivity contribution in [3.05, 3.63) is 53.9 Å². The zero-order valence-electron chi connectivity index (χ0n) is 14.6. The molecule has 0 aliphatic heterocycles. The van der Waals surface area contributed by atoms with Gasteiger partial charge >= 0.3 is 0 Å². The number of ether oxygens (including phenoxy) is 1. The summed E-state index contributed by atoms with van der Waals surface area (Å²) in [6, 6.07) is 10.2. The Balaban J connectivity index is 0.00000288. The summed E-state index contributed by atoms with van der Waals surface area (Å²) in [7, 11) is 2.01. The van der Waals surface area contributed by atoms with E-state index in [1.165, 1.54) is 11.1 Å². The number of nitrogens with zero attached hydrogens (tertiary/aromatic N) is 2. The van der Waals surface area contributed by atoms with E-state index in [4.69, 9.17) is 4.74 Å². The highest BCUT2D eigenvalue weighted by atomic mass is 127. The third kappa shape index (κ3) is 7.25. The maximum atomic E-state index is 5.71. The minimum absolute atomic E-state index is 0. The second-order valence-electron chi connectivity index (χ2n) is 5.47. The Morgan fingerprint density at radius 1 is 1.17 bits per heavy atom. The molecule has 132 valence electrons. The lowest BCUT2D eigenvalue weighted by molar-refractivity contribution is 0.322. The van der Waals surface area contributed by atoms with Gasteiger partial charge in [0.2, 0.25) is 0 Å². The molecule has 1 heterocycles. The molecule has 2 rings (SSSR count). The van der Waals surface area contributed by atoms with Crippen molar-refractivity contribution in [1.82, 2.24) is 15.2 Å². The number of hydrogen-bond donors (Lipinski definition) is 2. The van der Waals surface area contributed by atoms with Gasteiger partial charge in [0, 0.05) is 26.0 Å². The van der Waals surface area contributed by atoms with E-state index in [0.29, 0.717) is 19.7 Å². The van der Waals surface area contributed by atoms with E-state index in [9.17, 15) is 0 Å². The molecule has 2 aromatic rings. The van der Waals surface area contributed by atoms with Crippen LogP contribution in [0, 0.1) is 6.92 Å². The maximum Gasteiger partial charge on any atom is 0.191 e. The first-order valence-corrected chi connectivity index (χ1v) is 8.00. The van der Waals surface area contributed by atoms with E-state index in [-0.39, 0.29) is 24.0 Å². The van der Waals surface area contributed by atoms with Crippen LogP contribution in [0.3, 0.4) is 0 Å². The third-order valence-corrected chi connectivity index (χ3v) is 3.34. The number of nitrogens with one attached hydrogen (secondary N) is 2. The first kappa shape index (κ1) is 20.3. The van der Waals surface area contributed by atoms with Crippen LogP contribution in [0.15, 0.2) is 47.7 Å². The van der Waals surface area contributed by atoms with Gasteiger partial charge in [-0.2, -0.15) is 0 Å². The molecule has 1 aromatic heterocycles. The number of rotatable bonds is 7. The Labute approximate surface area is 161 Å². The Bertz CT molecular complexity index is 622. The molecule has 0 unspecified atom stereocenters. The lowest BCUT2D eigenvalue weighted by atomic mass is 10.2. The first-order chi connectivity index (χ1) is 11.2. The molecule has 1 aromatic carbocycles. The highest BCUT2D eigenvalue weighted by molar-refractivity contribution is 14.0. The van der Waals surface area contributed by atoms with Gasteiger partial charge in [0.1, 0.15) is 12.4 Å². The zero-order chi connectivity index (χ0) is 16.5. The van der Waals surface area contributed by atoms with Crippen LogP contribution in [0.25, 0.3) is 0 Å². The average Bonchev–Trinajstić information content (AvgIpc) is 2.96. The van der Waals surface area contributed by atoms with Crippen LogP contribution in [0.5, 0.6) is 5.75 Å². The quantitative estimate of drug-likeness (QED) is 0.300. The van der Waals surface area contributed by atoms with Crippen LogP contribution >= 0.6 is 24.0 Å². The zero-order valence-corrected chi connectivity index (χ0v) is 16.9. The highest BCUT2D eigenvalue weighted by Crippen LogP contribution is 2.10. The van der Waals surface area contributed by atoms with Gasteiger partial charge < -0.3 is 19.9 Å². The summed E-state index contributed by atoms with van der Waals surface area (Å²) >= 11 is 0. The second-order valence-corrected chi connectivity index (χ2v) is 5.47. The summed E-state index contributed by atoms with van der Waals surface area (Å²) in [5.41, 5.74) is 2.43. The number of benzene rings is 1. The Morgan fingerprint density at radius 2 is 1.92 bits per heavy atom. The number of halogens is 1. The number of aryl methyl sites for hydroxylation is 2. The molecule has 6 heteroatoms. The smallest absolute Gasteiger partial charge is 0.191 e. The summed E-state index contributed by atoms with van der Waals surface area (Å²) in [6.07, 6.45) is 4.11. The van der Waals surface area contributed by atoms with Crippen molar-refractivity contribution in [3.8, 4) is 5.75 Å². The van der Waals surface area contributed by atoms with Crippen molar-refractivity contribution >= 4 is 29.9 Å². The molecule has 0 saturated carbocycles. The monoisotopic (exact) mass is 442 g/mol.